The van der Waals surface area contributed by atoms with Crippen molar-refractivity contribution in [1.29, 1.82) is 0 Å². The van der Waals surface area contributed by atoms with Gasteiger partial charge in [-0.25, -0.2) is 0 Å². The molecule has 2 saturated heterocycles. The van der Waals surface area contributed by atoms with Gasteiger partial charge in [0.05, 0.1) is 17.3 Å². The zero-order valence-corrected chi connectivity index (χ0v) is 11.5. The summed E-state index contributed by atoms with van der Waals surface area (Å²) in [4.78, 5) is 13.7. The van der Waals surface area contributed by atoms with Gasteiger partial charge in [-0.2, -0.15) is 5.10 Å². The van der Waals surface area contributed by atoms with Crippen molar-refractivity contribution in [2.75, 3.05) is 0 Å². The van der Waals surface area contributed by atoms with Crippen LogP contribution in [0.5, 0.6) is 0 Å². The molecular formula is C14H21N3O2. The molecule has 0 spiro atoms. The van der Waals surface area contributed by atoms with E-state index in [2.05, 4.69) is 23.0 Å². The Morgan fingerprint density at radius 2 is 2.32 bits per heavy atom. The van der Waals surface area contributed by atoms with E-state index in [1.54, 1.807) is 0 Å². The Labute approximate surface area is 113 Å². The van der Waals surface area contributed by atoms with E-state index >= 15 is 0 Å². The standard InChI is InChI=1S/C14H21N3O2/c1-3-17-11(6-9(2)15-17)8-16-10-4-5-13(16)12(7-10)14(18)19/h6,10,12-13H,3-5,7-8H2,1-2H3,(H,18,19). The summed E-state index contributed by atoms with van der Waals surface area (Å²) >= 11 is 0. The molecule has 1 N–H and O–H groups in total. The van der Waals surface area contributed by atoms with Gasteiger partial charge in [-0.1, -0.05) is 0 Å². The zero-order valence-electron chi connectivity index (χ0n) is 11.5. The molecule has 5 nitrogen and oxygen atoms in total. The van der Waals surface area contributed by atoms with Crippen LogP contribution in [-0.2, 0) is 17.9 Å². The number of hydrogen-bond acceptors (Lipinski definition) is 3. The topological polar surface area (TPSA) is 58.4 Å². The number of carbonyl (C=O) groups is 1. The molecule has 0 aliphatic carbocycles. The van der Waals surface area contributed by atoms with Gasteiger partial charge in [0.15, 0.2) is 0 Å². The first-order valence-electron chi connectivity index (χ1n) is 7.12. The summed E-state index contributed by atoms with van der Waals surface area (Å²) in [6, 6.07) is 2.80. The molecule has 0 saturated carbocycles. The molecule has 104 valence electrons. The van der Waals surface area contributed by atoms with Gasteiger partial charge < -0.3 is 5.11 Å². The summed E-state index contributed by atoms with van der Waals surface area (Å²) in [5.41, 5.74) is 2.25. The second-order valence-electron chi connectivity index (χ2n) is 5.74. The maximum atomic E-state index is 11.3. The molecule has 3 unspecified atom stereocenters. The molecule has 19 heavy (non-hydrogen) atoms. The summed E-state index contributed by atoms with van der Waals surface area (Å²) in [6.07, 6.45) is 2.99. The van der Waals surface area contributed by atoms with Crippen LogP contribution in [0.2, 0.25) is 0 Å². The van der Waals surface area contributed by atoms with E-state index in [1.165, 1.54) is 5.69 Å². The quantitative estimate of drug-likeness (QED) is 0.897. The minimum absolute atomic E-state index is 0.169. The molecule has 3 rings (SSSR count). The molecule has 2 aliphatic rings. The summed E-state index contributed by atoms with van der Waals surface area (Å²) < 4.78 is 2.03. The largest absolute Gasteiger partial charge is 0.481 e. The molecule has 1 aromatic heterocycles. The van der Waals surface area contributed by atoms with Crippen molar-refractivity contribution >= 4 is 5.97 Å². The molecule has 2 fully saturated rings. The third-order valence-corrected chi connectivity index (χ3v) is 4.63. The van der Waals surface area contributed by atoms with Crippen molar-refractivity contribution in [1.82, 2.24) is 14.7 Å². The average molecular weight is 263 g/mol. The van der Waals surface area contributed by atoms with Crippen molar-refractivity contribution in [3.05, 3.63) is 17.5 Å². The van der Waals surface area contributed by atoms with E-state index in [4.69, 9.17) is 0 Å². The van der Waals surface area contributed by atoms with Crippen LogP contribution in [0.25, 0.3) is 0 Å². The van der Waals surface area contributed by atoms with E-state index in [9.17, 15) is 9.90 Å². The fraction of sp³-hybridized carbons (Fsp3) is 0.714. The van der Waals surface area contributed by atoms with E-state index < -0.39 is 5.97 Å². The summed E-state index contributed by atoms with van der Waals surface area (Å²) in [7, 11) is 0. The molecule has 1 aromatic rings. The van der Waals surface area contributed by atoms with Crippen LogP contribution in [-0.4, -0.2) is 37.8 Å². The SMILES string of the molecule is CCn1nc(C)cc1CN1C2CCC1C(C(=O)O)C2. The summed E-state index contributed by atoms with van der Waals surface area (Å²) in [6.45, 7) is 5.81. The predicted octanol–water partition coefficient (Wildman–Crippen LogP) is 1.65. The molecule has 0 radical (unpaired) electrons. The van der Waals surface area contributed by atoms with Crippen LogP contribution >= 0.6 is 0 Å². The average Bonchev–Trinajstić information content (AvgIpc) is 3.03. The second-order valence-corrected chi connectivity index (χ2v) is 5.74. The lowest BCUT2D eigenvalue weighted by atomic mass is 9.89. The first-order chi connectivity index (χ1) is 9.10. The van der Waals surface area contributed by atoms with Crippen LogP contribution < -0.4 is 0 Å². The van der Waals surface area contributed by atoms with Gasteiger partial charge in [0.1, 0.15) is 0 Å². The highest BCUT2D eigenvalue weighted by molar-refractivity contribution is 5.71. The van der Waals surface area contributed by atoms with Gasteiger partial charge in [-0.3, -0.25) is 14.4 Å². The lowest BCUT2D eigenvalue weighted by Gasteiger charge is -2.22. The highest BCUT2D eigenvalue weighted by atomic mass is 16.4. The second kappa shape index (κ2) is 4.63. The molecule has 0 amide bonds. The van der Waals surface area contributed by atoms with Gasteiger partial charge in [-0.05, 0) is 39.2 Å². The zero-order chi connectivity index (χ0) is 13.6. The Morgan fingerprint density at radius 1 is 1.53 bits per heavy atom. The maximum absolute atomic E-state index is 11.3. The summed E-state index contributed by atoms with van der Waals surface area (Å²) in [5.74, 6) is -0.796. The monoisotopic (exact) mass is 263 g/mol. The minimum atomic E-state index is -0.627. The van der Waals surface area contributed by atoms with Crippen molar-refractivity contribution < 1.29 is 9.90 Å². The van der Waals surface area contributed by atoms with Crippen LogP contribution in [0.1, 0.15) is 37.6 Å². The number of aryl methyl sites for hydroxylation is 2. The molecule has 0 aromatic carbocycles. The Kier molecular flexibility index (Phi) is 3.09. The molecule has 3 atom stereocenters. The number of aliphatic carboxylic acids is 1. The van der Waals surface area contributed by atoms with Crippen molar-refractivity contribution in [2.45, 2.75) is 58.3 Å². The van der Waals surface area contributed by atoms with E-state index in [-0.39, 0.29) is 12.0 Å². The summed E-state index contributed by atoms with van der Waals surface area (Å²) in [5, 5.41) is 13.7. The molecule has 2 bridgehead atoms. The number of nitrogens with zero attached hydrogens (tertiary/aromatic N) is 3. The van der Waals surface area contributed by atoms with Crippen molar-refractivity contribution in [2.24, 2.45) is 5.92 Å². The Morgan fingerprint density at radius 3 is 2.95 bits per heavy atom. The number of aromatic nitrogens is 2. The van der Waals surface area contributed by atoms with Crippen LogP contribution in [0.3, 0.4) is 0 Å². The molecule has 5 heteroatoms. The van der Waals surface area contributed by atoms with Crippen LogP contribution in [0, 0.1) is 12.8 Å². The Bertz CT molecular complexity index is 497. The normalized spacial score (nSPS) is 30.1. The number of carboxylic acid groups (broad SMARTS) is 1. The smallest absolute Gasteiger partial charge is 0.308 e. The van der Waals surface area contributed by atoms with Crippen LogP contribution in [0.15, 0.2) is 6.07 Å². The van der Waals surface area contributed by atoms with Crippen molar-refractivity contribution in [3.8, 4) is 0 Å². The van der Waals surface area contributed by atoms with E-state index in [0.29, 0.717) is 6.04 Å². The maximum Gasteiger partial charge on any atom is 0.308 e. The number of fused-ring (bicyclic) bond motifs is 2. The predicted molar refractivity (Wildman–Crippen MR) is 70.7 cm³/mol. The lowest BCUT2D eigenvalue weighted by molar-refractivity contribution is -0.142. The van der Waals surface area contributed by atoms with E-state index in [1.807, 2.05) is 11.6 Å². The Balaban J connectivity index is 1.79. The number of rotatable bonds is 4. The van der Waals surface area contributed by atoms with Crippen molar-refractivity contribution in [3.63, 3.8) is 0 Å². The van der Waals surface area contributed by atoms with Gasteiger partial charge in [-0.15, -0.1) is 0 Å². The highest BCUT2D eigenvalue weighted by Crippen LogP contribution is 2.42. The minimum Gasteiger partial charge on any atom is -0.481 e. The van der Waals surface area contributed by atoms with Gasteiger partial charge in [0.25, 0.3) is 0 Å². The molecular weight excluding hydrogens is 242 g/mol. The third-order valence-electron chi connectivity index (χ3n) is 4.63. The van der Waals surface area contributed by atoms with Crippen LogP contribution in [0.4, 0.5) is 0 Å². The molecule has 2 aliphatic heterocycles. The highest BCUT2D eigenvalue weighted by Gasteiger charge is 2.49. The fourth-order valence-corrected chi connectivity index (χ4v) is 3.80. The van der Waals surface area contributed by atoms with Gasteiger partial charge >= 0.3 is 5.97 Å². The third kappa shape index (κ3) is 2.06. The van der Waals surface area contributed by atoms with E-state index in [0.717, 1.165) is 38.0 Å². The number of carboxylic acids is 1. The fourth-order valence-electron chi connectivity index (χ4n) is 3.80. The molecule has 3 heterocycles. The Hall–Kier alpha value is -1.36. The van der Waals surface area contributed by atoms with Gasteiger partial charge in [0, 0.05) is 25.2 Å². The first-order valence-corrected chi connectivity index (χ1v) is 7.12. The number of hydrogen-bond donors (Lipinski definition) is 1. The lowest BCUT2D eigenvalue weighted by Crippen LogP contribution is -2.33. The van der Waals surface area contributed by atoms with Gasteiger partial charge in [0.2, 0.25) is 0 Å². The first kappa shape index (κ1) is 12.7.